The molecule has 1 aliphatic heterocycles. The first-order valence-electron chi connectivity index (χ1n) is 9.13. The van der Waals surface area contributed by atoms with Crippen molar-refractivity contribution in [2.24, 2.45) is 0 Å². The highest BCUT2D eigenvalue weighted by Gasteiger charge is 2.10. The van der Waals surface area contributed by atoms with Gasteiger partial charge in [-0.15, -0.1) is 11.8 Å². The largest absolute Gasteiger partial charge is 0.372 e. The van der Waals surface area contributed by atoms with Crippen LogP contribution in [0.3, 0.4) is 0 Å². The highest BCUT2D eigenvalue weighted by Crippen LogP contribution is 2.20. The van der Waals surface area contributed by atoms with Gasteiger partial charge in [-0.3, -0.25) is 4.79 Å². The summed E-state index contributed by atoms with van der Waals surface area (Å²) in [5.74, 6) is 1.43. The monoisotopic (exact) mass is 432 g/mol. The van der Waals surface area contributed by atoms with E-state index in [2.05, 4.69) is 62.5 Å². The third-order valence-electron chi connectivity index (χ3n) is 4.56. The smallest absolute Gasteiger partial charge is 0.230 e. The van der Waals surface area contributed by atoms with Crippen LogP contribution in [0.5, 0.6) is 0 Å². The van der Waals surface area contributed by atoms with Gasteiger partial charge in [-0.1, -0.05) is 40.2 Å². The maximum absolute atomic E-state index is 12.0. The van der Waals surface area contributed by atoms with Crippen molar-refractivity contribution < 1.29 is 4.79 Å². The maximum Gasteiger partial charge on any atom is 0.230 e. The number of halogens is 1. The average molecular weight is 433 g/mol. The number of carbonyl (C=O) groups is 1. The van der Waals surface area contributed by atoms with Crippen LogP contribution in [0.1, 0.15) is 30.4 Å². The van der Waals surface area contributed by atoms with Crippen LogP contribution in [-0.2, 0) is 17.1 Å². The number of hydrogen-bond acceptors (Lipinski definition) is 3. The van der Waals surface area contributed by atoms with E-state index in [1.807, 2.05) is 12.1 Å². The van der Waals surface area contributed by atoms with E-state index in [0.29, 0.717) is 12.3 Å². The summed E-state index contributed by atoms with van der Waals surface area (Å²) in [5.41, 5.74) is 3.68. The van der Waals surface area contributed by atoms with Gasteiger partial charge in [0.2, 0.25) is 5.91 Å². The van der Waals surface area contributed by atoms with E-state index < -0.39 is 0 Å². The molecule has 0 unspecified atom stereocenters. The number of rotatable bonds is 7. The third-order valence-corrected chi connectivity index (χ3v) is 6.09. The van der Waals surface area contributed by atoms with Crippen LogP contribution in [0.25, 0.3) is 0 Å². The number of nitrogens with one attached hydrogen (secondary N) is 1. The van der Waals surface area contributed by atoms with Crippen molar-refractivity contribution in [3.8, 4) is 0 Å². The molecule has 138 valence electrons. The molecular formula is C21H25BrN2OS. The van der Waals surface area contributed by atoms with Crippen molar-refractivity contribution in [3.05, 3.63) is 64.1 Å². The summed E-state index contributed by atoms with van der Waals surface area (Å²) in [7, 11) is 0. The Bertz CT molecular complexity index is 697. The second-order valence-corrected chi connectivity index (χ2v) is 8.51. The molecule has 1 heterocycles. The van der Waals surface area contributed by atoms with Gasteiger partial charge in [-0.05, 0) is 54.7 Å². The molecule has 26 heavy (non-hydrogen) atoms. The molecule has 1 N–H and O–H groups in total. The zero-order chi connectivity index (χ0) is 18.2. The average Bonchev–Trinajstić information content (AvgIpc) is 2.69. The molecule has 1 amide bonds. The minimum atomic E-state index is 0.0900. The third kappa shape index (κ3) is 6.06. The van der Waals surface area contributed by atoms with Crippen molar-refractivity contribution in [3.63, 3.8) is 0 Å². The molecule has 0 saturated carbocycles. The molecule has 0 atom stereocenters. The van der Waals surface area contributed by atoms with Crippen LogP contribution in [0.2, 0.25) is 0 Å². The van der Waals surface area contributed by atoms with Crippen molar-refractivity contribution in [2.75, 3.05) is 23.7 Å². The first-order chi connectivity index (χ1) is 12.7. The minimum absolute atomic E-state index is 0.0900. The molecule has 2 aromatic carbocycles. The fourth-order valence-corrected chi connectivity index (χ4v) is 4.15. The van der Waals surface area contributed by atoms with Crippen molar-refractivity contribution in [1.82, 2.24) is 5.32 Å². The molecule has 0 aliphatic carbocycles. The molecule has 5 heteroatoms. The van der Waals surface area contributed by atoms with Crippen LogP contribution < -0.4 is 10.2 Å². The Hall–Kier alpha value is -1.46. The Morgan fingerprint density at radius 1 is 0.962 bits per heavy atom. The Morgan fingerprint density at radius 3 is 2.31 bits per heavy atom. The summed E-state index contributed by atoms with van der Waals surface area (Å²) in [4.78, 5) is 14.5. The van der Waals surface area contributed by atoms with Gasteiger partial charge in [0.05, 0.1) is 5.75 Å². The van der Waals surface area contributed by atoms with E-state index in [9.17, 15) is 4.79 Å². The summed E-state index contributed by atoms with van der Waals surface area (Å²) in [6.07, 6.45) is 3.92. The van der Waals surface area contributed by atoms with Crippen LogP contribution >= 0.6 is 27.7 Å². The highest BCUT2D eigenvalue weighted by molar-refractivity contribution is 9.10. The van der Waals surface area contributed by atoms with E-state index in [0.717, 1.165) is 28.9 Å². The molecule has 1 saturated heterocycles. The maximum atomic E-state index is 12.0. The molecular weight excluding hydrogens is 408 g/mol. The molecule has 1 aliphatic rings. The molecule has 0 spiro atoms. The highest BCUT2D eigenvalue weighted by atomic mass is 79.9. The summed E-state index contributed by atoms with van der Waals surface area (Å²) in [6, 6.07) is 16.8. The van der Waals surface area contributed by atoms with E-state index >= 15 is 0 Å². The SMILES string of the molecule is O=C(CSCc1ccc(Br)cc1)NCc1ccc(N2CCCCC2)cc1. The van der Waals surface area contributed by atoms with E-state index in [1.54, 1.807) is 11.8 Å². The number of nitrogens with zero attached hydrogens (tertiary/aromatic N) is 1. The van der Waals surface area contributed by atoms with Gasteiger partial charge in [0, 0.05) is 35.5 Å². The number of benzene rings is 2. The van der Waals surface area contributed by atoms with Crippen LogP contribution in [0, 0.1) is 0 Å². The molecule has 3 rings (SSSR count). The van der Waals surface area contributed by atoms with E-state index in [4.69, 9.17) is 0 Å². The normalized spacial score (nSPS) is 14.3. The van der Waals surface area contributed by atoms with Crippen LogP contribution in [0.4, 0.5) is 5.69 Å². The summed E-state index contributed by atoms with van der Waals surface area (Å²) in [6.45, 7) is 2.91. The summed E-state index contributed by atoms with van der Waals surface area (Å²) < 4.78 is 1.08. The first-order valence-corrected chi connectivity index (χ1v) is 11.1. The molecule has 2 aromatic rings. The lowest BCUT2D eigenvalue weighted by Gasteiger charge is -2.28. The summed E-state index contributed by atoms with van der Waals surface area (Å²) in [5, 5.41) is 3.01. The second-order valence-electron chi connectivity index (χ2n) is 6.61. The standard InChI is InChI=1S/C21H25BrN2OS/c22-19-8-4-18(5-9-19)15-26-16-21(25)23-14-17-6-10-20(11-7-17)24-12-2-1-3-13-24/h4-11H,1-3,12-16H2,(H,23,25). The molecule has 3 nitrogen and oxygen atoms in total. The van der Waals surface area contributed by atoms with Gasteiger partial charge >= 0.3 is 0 Å². The lowest BCUT2D eigenvalue weighted by molar-refractivity contribution is -0.118. The van der Waals surface area contributed by atoms with Crippen molar-refractivity contribution in [2.45, 2.75) is 31.6 Å². The quantitative estimate of drug-likeness (QED) is 0.668. The molecule has 0 radical (unpaired) electrons. The number of carbonyl (C=O) groups excluding carboxylic acids is 1. The Morgan fingerprint density at radius 2 is 1.62 bits per heavy atom. The van der Waals surface area contributed by atoms with Crippen molar-refractivity contribution in [1.29, 1.82) is 0 Å². The topological polar surface area (TPSA) is 32.3 Å². The summed E-state index contributed by atoms with van der Waals surface area (Å²) >= 11 is 5.08. The molecule has 0 aromatic heterocycles. The predicted molar refractivity (Wildman–Crippen MR) is 115 cm³/mol. The van der Waals surface area contributed by atoms with Gasteiger partial charge in [-0.2, -0.15) is 0 Å². The minimum Gasteiger partial charge on any atom is -0.372 e. The van der Waals surface area contributed by atoms with Crippen LogP contribution in [-0.4, -0.2) is 24.7 Å². The number of amides is 1. The first kappa shape index (κ1) is 19.3. The number of anilines is 1. The lowest BCUT2D eigenvalue weighted by atomic mass is 10.1. The fraction of sp³-hybridized carbons (Fsp3) is 0.381. The predicted octanol–water partition coefficient (Wildman–Crippen LogP) is 4.99. The lowest BCUT2D eigenvalue weighted by Crippen LogP contribution is -2.29. The Kier molecular flexibility index (Phi) is 7.44. The van der Waals surface area contributed by atoms with Crippen molar-refractivity contribution >= 4 is 39.3 Å². The van der Waals surface area contributed by atoms with Crippen LogP contribution in [0.15, 0.2) is 53.0 Å². The zero-order valence-corrected chi connectivity index (χ0v) is 17.3. The van der Waals surface area contributed by atoms with E-state index in [1.165, 1.54) is 30.5 Å². The fourth-order valence-electron chi connectivity index (χ4n) is 3.07. The molecule has 1 fully saturated rings. The zero-order valence-electron chi connectivity index (χ0n) is 14.9. The Balaban J connectivity index is 1.37. The van der Waals surface area contributed by atoms with Gasteiger partial charge in [0.15, 0.2) is 0 Å². The van der Waals surface area contributed by atoms with E-state index in [-0.39, 0.29) is 5.91 Å². The Labute approximate surface area is 168 Å². The number of hydrogen-bond donors (Lipinski definition) is 1. The number of thioether (sulfide) groups is 1. The van der Waals surface area contributed by atoms with Gasteiger partial charge < -0.3 is 10.2 Å². The second kappa shape index (κ2) is 10.0. The number of piperidine rings is 1. The molecule has 0 bridgehead atoms. The van der Waals surface area contributed by atoms with Gasteiger partial charge in [-0.25, -0.2) is 0 Å². The van der Waals surface area contributed by atoms with Gasteiger partial charge in [0.1, 0.15) is 0 Å². The van der Waals surface area contributed by atoms with Gasteiger partial charge in [0.25, 0.3) is 0 Å².